The van der Waals surface area contributed by atoms with Crippen LogP contribution in [0.4, 0.5) is 4.39 Å². The van der Waals surface area contributed by atoms with Crippen molar-refractivity contribution in [1.29, 1.82) is 0 Å². The lowest BCUT2D eigenvalue weighted by molar-refractivity contribution is 0.578. The van der Waals surface area contributed by atoms with E-state index >= 15 is 0 Å². The second-order valence-corrected chi connectivity index (χ2v) is 5.08. The van der Waals surface area contributed by atoms with Crippen molar-refractivity contribution in [3.63, 3.8) is 0 Å². The van der Waals surface area contributed by atoms with Gasteiger partial charge in [0, 0.05) is 6.20 Å². The Balaban J connectivity index is 2.51. The van der Waals surface area contributed by atoms with Gasteiger partial charge >= 0.3 is 0 Å². The van der Waals surface area contributed by atoms with E-state index in [-0.39, 0.29) is 4.90 Å². The van der Waals surface area contributed by atoms with E-state index in [0.717, 1.165) is 16.2 Å². The van der Waals surface area contributed by atoms with E-state index in [0.29, 0.717) is 5.69 Å². The van der Waals surface area contributed by atoms with E-state index in [1.165, 1.54) is 18.3 Å². The molecule has 2 rings (SSSR count). The van der Waals surface area contributed by atoms with Crippen molar-refractivity contribution >= 4 is 10.0 Å². The van der Waals surface area contributed by atoms with Gasteiger partial charge in [0.25, 0.3) is 10.0 Å². The summed E-state index contributed by atoms with van der Waals surface area (Å²) in [5, 5.41) is 3.82. The number of hydrogen-bond donors (Lipinski definition) is 0. The van der Waals surface area contributed by atoms with E-state index in [1.807, 2.05) is 0 Å². The van der Waals surface area contributed by atoms with Crippen LogP contribution in [0.2, 0.25) is 0 Å². The molecule has 4 nitrogen and oxygen atoms in total. The van der Waals surface area contributed by atoms with E-state index in [1.54, 1.807) is 13.0 Å². The minimum atomic E-state index is -3.70. The zero-order valence-corrected chi connectivity index (χ0v) is 9.28. The highest BCUT2D eigenvalue weighted by atomic mass is 32.2. The zero-order chi connectivity index (χ0) is 11.8. The molecular weight excluding hydrogens is 231 g/mol. The molecule has 2 aromatic rings. The molecule has 0 fully saturated rings. The van der Waals surface area contributed by atoms with Crippen LogP contribution >= 0.6 is 0 Å². The molecule has 0 aliphatic heterocycles. The molecule has 0 aliphatic rings. The molecule has 1 heterocycles. The normalized spacial score (nSPS) is 11.6. The number of hydrogen-bond acceptors (Lipinski definition) is 3. The summed E-state index contributed by atoms with van der Waals surface area (Å²) in [6.45, 7) is 1.69. The Hall–Kier alpha value is -1.69. The SMILES string of the molecule is Cc1ccn(S(=O)(=O)c2ccc(F)cc2)n1. The maximum atomic E-state index is 12.7. The first-order valence-corrected chi connectivity index (χ1v) is 5.97. The molecule has 0 amide bonds. The smallest absolute Gasteiger partial charge is 0.207 e. The summed E-state index contributed by atoms with van der Waals surface area (Å²) in [7, 11) is -3.70. The molecule has 16 heavy (non-hydrogen) atoms. The van der Waals surface area contributed by atoms with Crippen molar-refractivity contribution in [3.8, 4) is 0 Å². The Kier molecular flexibility index (Phi) is 2.51. The highest BCUT2D eigenvalue weighted by molar-refractivity contribution is 7.89. The Labute approximate surface area is 92.4 Å². The first-order valence-electron chi connectivity index (χ1n) is 4.53. The van der Waals surface area contributed by atoms with Crippen LogP contribution in [0.25, 0.3) is 0 Å². The number of rotatable bonds is 2. The summed E-state index contributed by atoms with van der Waals surface area (Å²) in [5.74, 6) is -0.476. The fourth-order valence-corrected chi connectivity index (χ4v) is 2.40. The lowest BCUT2D eigenvalue weighted by Gasteiger charge is -2.03. The van der Waals surface area contributed by atoms with Gasteiger partial charge in [-0.25, -0.2) is 4.39 Å². The lowest BCUT2D eigenvalue weighted by atomic mass is 10.4. The molecule has 1 aromatic carbocycles. The quantitative estimate of drug-likeness (QED) is 0.800. The lowest BCUT2D eigenvalue weighted by Crippen LogP contribution is -2.13. The summed E-state index contributed by atoms with van der Waals surface area (Å²) >= 11 is 0. The highest BCUT2D eigenvalue weighted by Gasteiger charge is 2.17. The highest BCUT2D eigenvalue weighted by Crippen LogP contribution is 2.13. The first kappa shape index (κ1) is 10.8. The van der Waals surface area contributed by atoms with E-state index in [2.05, 4.69) is 5.10 Å². The van der Waals surface area contributed by atoms with Gasteiger partial charge in [0.15, 0.2) is 0 Å². The third-order valence-corrected chi connectivity index (χ3v) is 3.62. The topological polar surface area (TPSA) is 52.0 Å². The molecule has 0 bridgehead atoms. The number of aromatic nitrogens is 2. The average Bonchev–Trinajstić information content (AvgIpc) is 2.66. The Morgan fingerprint density at radius 3 is 2.31 bits per heavy atom. The molecule has 0 saturated carbocycles. The first-order chi connectivity index (χ1) is 7.50. The third kappa shape index (κ3) is 1.83. The molecule has 6 heteroatoms. The van der Waals surface area contributed by atoms with Crippen molar-refractivity contribution < 1.29 is 12.8 Å². The number of halogens is 1. The molecule has 0 unspecified atom stereocenters. The van der Waals surface area contributed by atoms with Gasteiger partial charge in [0.05, 0.1) is 10.6 Å². The molecule has 1 aromatic heterocycles. The molecule has 84 valence electrons. The third-order valence-electron chi connectivity index (χ3n) is 2.06. The van der Waals surface area contributed by atoms with Gasteiger partial charge in [-0.05, 0) is 37.3 Å². The summed E-state index contributed by atoms with van der Waals surface area (Å²) < 4.78 is 37.4. The minimum absolute atomic E-state index is 0.0111. The minimum Gasteiger partial charge on any atom is -0.207 e. The molecule has 0 aliphatic carbocycles. The van der Waals surface area contributed by atoms with E-state index in [9.17, 15) is 12.8 Å². The number of benzene rings is 1. The summed E-state index contributed by atoms with van der Waals surface area (Å²) in [4.78, 5) is 0.0111. The van der Waals surface area contributed by atoms with Crippen LogP contribution in [0.3, 0.4) is 0 Å². The maximum absolute atomic E-state index is 12.7. The predicted molar refractivity (Wildman–Crippen MR) is 55.9 cm³/mol. The average molecular weight is 240 g/mol. The van der Waals surface area contributed by atoms with Crippen LogP contribution in [-0.2, 0) is 10.0 Å². The Bertz CT molecular complexity index is 602. The van der Waals surface area contributed by atoms with Gasteiger partial charge in [-0.15, -0.1) is 0 Å². The van der Waals surface area contributed by atoms with E-state index < -0.39 is 15.8 Å². The van der Waals surface area contributed by atoms with Crippen molar-refractivity contribution in [2.75, 3.05) is 0 Å². The van der Waals surface area contributed by atoms with Gasteiger partial charge < -0.3 is 0 Å². The number of nitrogens with zero attached hydrogens (tertiary/aromatic N) is 2. The Morgan fingerprint density at radius 2 is 1.81 bits per heavy atom. The van der Waals surface area contributed by atoms with Crippen molar-refractivity contribution in [3.05, 3.63) is 48.0 Å². The van der Waals surface area contributed by atoms with Gasteiger partial charge in [0.2, 0.25) is 0 Å². The predicted octanol–water partition coefficient (Wildman–Crippen LogP) is 1.57. The monoisotopic (exact) mass is 240 g/mol. The van der Waals surface area contributed by atoms with Crippen LogP contribution in [-0.4, -0.2) is 17.6 Å². The zero-order valence-electron chi connectivity index (χ0n) is 8.46. The van der Waals surface area contributed by atoms with Crippen LogP contribution < -0.4 is 0 Å². The largest absolute Gasteiger partial charge is 0.282 e. The summed E-state index contributed by atoms with van der Waals surface area (Å²) in [6, 6.07) is 6.21. The molecule has 0 saturated heterocycles. The molecule has 0 radical (unpaired) electrons. The molecule has 0 spiro atoms. The van der Waals surface area contributed by atoms with Crippen LogP contribution in [0.5, 0.6) is 0 Å². The van der Waals surface area contributed by atoms with Crippen LogP contribution in [0.15, 0.2) is 41.4 Å². The second-order valence-electron chi connectivity index (χ2n) is 3.29. The van der Waals surface area contributed by atoms with Gasteiger partial charge in [-0.1, -0.05) is 0 Å². The fourth-order valence-electron chi connectivity index (χ4n) is 1.24. The Morgan fingerprint density at radius 1 is 1.19 bits per heavy atom. The van der Waals surface area contributed by atoms with E-state index in [4.69, 9.17) is 0 Å². The van der Waals surface area contributed by atoms with Crippen molar-refractivity contribution in [1.82, 2.24) is 9.19 Å². The summed E-state index contributed by atoms with van der Waals surface area (Å²) in [6.07, 6.45) is 1.36. The van der Waals surface area contributed by atoms with Crippen LogP contribution in [0, 0.1) is 12.7 Å². The standard InChI is InChI=1S/C10H9FN2O2S/c1-8-6-7-13(12-8)16(14,15)10-4-2-9(11)3-5-10/h2-7H,1H3. The molecule has 0 atom stereocenters. The van der Waals surface area contributed by atoms with Gasteiger partial charge in [-0.3, -0.25) is 0 Å². The van der Waals surface area contributed by atoms with Gasteiger partial charge in [0.1, 0.15) is 5.82 Å². The number of aryl methyl sites for hydroxylation is 1. The summed E-state index contributed by atoms with van der Waals surface area (Å²) in [5.41, 5.74) is 0.602. The fraction of sp³-hybridized carbons (Fsp3) is 0.100. The van der Waals surface area contributed by atoms with Crippen LogP contribution in [0.1, 0.15) is 5.69 Å². The maximum Gasteiger partial charge on any atom is 0.282 e. The molecular formula is C10H9FN2O2S. The second kappa shape index (κ2) is 3.71. The van der Waals surface area contributed by atoms with Gasteiger partial charge in [-0.2, -0.15) is 17.6 Å². The molecule has 0 N–H and O–H groups in total. The van der Waals surface area contributed by atoms with Crippen molar-refractivity contribution in [2.24, 2.45) is 0 Å². The van der Waals surface area contributed by atoms with Crippen molar-refractivity contribution in [2.45, 2.75) is 11.8 Å².